The van der Waals surface area contributed by atoms with Gasteiger partial charge in [0, 0.05) is 0 Å². The van der Waals surface area contributed by atoms with Gasteiger partial charge >= 0.3 is 326 Å². The van der Waals surface area contributed by atoms with Crippen molar-refractivity contribution < 1.29 is 46.1 Å². The minimum atomic E-state index is -3.12. The summed E-state index contributed by atoms with van der Waals surface area (Å²) < 4.78 is -0.110. The standard InChI is InChI=1S/C21H25.C15H8Cl6.C5H5.2ClH.Zr/c1-20(2,3)16-7-9-18-14(12-16)11-15-13-17(21(4,5)6)8-10-19(15)18;16-14(17,18)12-5-1-3-10(8-12)7-11-4-2-6-13(9-11)15(19,20)21;1-2-4-5-3-1;;;/h7-10,12H,11H2,1-6H3;1-6,8-9H;1-5H;2*1H;/q;;;;;+2/p-2. The summed E-state index contributed by atoms with van der Waals surface area (Å²) in [5.74, 6) is 0. The smallest absolute Gasteiger partial charge is 1.00 e. The zero-order valence-corrected chi connectivity index (χ0v) is 37.1. The SMILES string of the molecule is CC(C)(C)c1ccc2c(c1)Cc1c-2ccc(C(C)(C)C)[c]1[Zr+2](=[C](c1cccc(C(Cl)(Cl)Cl)c1)c1cccc(C(Cl)(Cl)Cl)c1)[CH]1C=CC=C1.[Cl-].[Cl-]. The summed E-state index contributed by atoms with van der Waals surface area (Å²) in [4.78, 5) is 0. The maximum Gasteiger partial charge on any atom is -1.00 e. The third kappa shape index (κ3) is 8.70. The summed E-state index contributed by atoms with van der Waals surface area (Å²) in [6, 6.07) is 27.9. The van der Waals surface area contributed by atoms with Crippen LogP contribution < -0.4 is 28.1 Å². The second-order valence-corrected chi connectivity index (χ2v) is 25.5. The van der Waals surface area contributed by atoms with Crippen molar-refractivity contribution >= 4 is 76.1 Å². The molecule has 0 saturated heterocycles. The Kier molecular flexibility index (Phi) is 13.2. The number of hydrogen-bond acceptors (Lipinski definition) is 0. The number of alkyl halides is 6. The van der Waals surface area contributed by atoms with Crippen molar-refractivity contribution in [2.45, 2.75) is 70.0 Å². The summed E-state index contributed by atoms with van der Waals surface area (Å²) in [5, 5.41) is 0. The molecule has 4 aromatic rings. The molecule has 0 nitrogen and oxygen atoms in total. The van der Waals surface area contributed by atoms with E-state index in [-0.39, 0.29) is 39.3 Å². The molecule has 6 rings (SSSR count). The second kappa shape index (κ2) is 15.7. The van der Waals surface area contributed by atoms with Crippen molar-refractivity contribution in [3.8, 4) is 11.1 Å². The van der Waals surface area contributed by atoms with Gasteiger partial charge in [0.2, 0.25) is 0 Å². The van der Waals surface area contributed by atoms with Crippen LogP contribution in [0.15, 0.2) is 103 Å². The van der Waals surface area contributed by atoms with E-state index in [1.54, 1.807) is 0 Å². The van der Waals surface area contributed by atoms with Crippen molar-refractivity contribution in [1.29, 1.82) is 0 Å². The van der Waals surface area contributed by atoms with Gasteiger partial charge in [-0.1, -0.05) is 0 Å². The van der Waals surface area contributed by atoms with Crippen molar-refractivity contribution in [1.82, 2.24) is 0 Å². The van der Waals surface area contributed by atoms with Crippen LogP contribution in [-0.2, 0) is 46.1 Å². The topological polar surface area (TPSA) is 0 Å². The molecular weight excluding hydrogens is 867 g/mol. The van der Waals surface area contributed by atoms with E-state index in [2.05, 4.69) is 108 Å². The van der Waals surface area contributed by atoms with E-state index in [4.69, 9.17) is 69.6 Å². The Morgan fingerprint density at radius 2 is 1.12 bits per heavy atom. The molecule has 262 valence electrons. The molecule has 0 amide bonds. The zero-order chi connectivity index (χ0) is 34.8. The van der Waals surface area contributed by atoms with Crippen molar-refractivity contribution in [2.75, 3.05) is 0 Å². The molecule has 0 spiro atoms. The predicted molar refractivity (Wildman–Crippen MR) is 208 cm³/mol. The van der Waals surface area contributed by atoms with E-state index in [1.165, 1.54) is 39.9 Å². The Bertz CT molecular complexity index is 1930. The van der Waals surface area contributed by atoms with Crippen LogP contribution in [0.25, 0.3) is 11.1 Å². The maximum absolute atomic E-state index is 6.51. The van der Waals surface area contributed by atoms with Crippen LogP contribution in [-0.4, -0.2) is 3.21 Å². The third-order valence-corrected chi connectivity index (χ3v) is 18.7. The zero-order valence-electron chi connectivity index (χ0n) is 28.6. The largest absolute Gasteiger partial charge is 1.00 e. The average molecular weight is 906 g/mol. The molecule has 0 bridgehead atoms. The Hall–Kier alpha value is -0.567. The average Bonchev–Trinajstić information content (AvgIpc) is 3.66. The van der Waals surface area contributed by atoms with Gasteiger partial charge in [0.25, 0.3) is 0 Å². The van der Waals surface area contributed by atoms with Crippen LogP contribution in [0.1, 0.15) is 86.1 Å². The van der Waals surface area contributed by atoms with Crippen LogP contribution in [0.3, 0.4) is 0 Å². The predicted octanol–water partition coefficient (Wildman–Crippen LogP) is 6.94. The van der Waals surface area contributed by atoms with Gasteiger partial charge in [-0.15, -0.1) is 0 Å². The van der Waals surface area contributed by atoms with Crippen LogP contribution in [0.4, 0.5) is 0 Å². The molecule has 0 fully saturated rings. The van der Waals surface area contributed by atoms with Crippen LogP contribution >= 0.6 is 69.6 Å². The van der Waals surface area contributed by atoms with Gasteiger partial charge in [-0.05, 0) is 0 Å². The van der Waals surface area contributed by atoms with E-state index in [0.29, 0.717) is 11.1 Å². The van der Waals surface area contributed by atoms with E-state index in [9.17, 15) is 0 Å². The molecule has 0 heterocycles. The van der Waals surface area contributed by atoms with E-state index in [1.807, 2.05) is 36.4 Å². The fourth-order valence-corrected chi connectivity index (χ4v) is 16.9. The molecule has 0 aliphatic heterocycles. The van der Waals surface area contributed by atoms with Crippen molar-refractivity contribution in [2.24, 2.45) is 0 Å². The second-order valence-electron chi connectivity index (χ2n) is 14.8. The van der Waals surface area contributed by atoms with Gasteiger partial charge < -0.3 is 24.8 Å². The van der Waals surface area contributed by atoms with Gasteiger partial charge in [0.05, 0.1) is 0 Å². The van der Waals surface area contributed by atoms with Crippen LogP contribution in [0.2, 0.25) is 3.63 Å². The number of benzene rings is 4. The molecular formula is C41H38Cl8Zr. The number of halogens is 8. The quantitative estimate of drug-likeness (QED) is 0.172. The Morgan fingerprint density at radius 3 is 1.60 bits per heavy atom. The summed E-state index contributed by atoms with van der Waals surface area (Å²) in [5.41, 5.74) is 11.5. The minimum absolute atomic E-state index is 0. The monoisotopic (exact) mass is 900 g/mol. The first-order valence-corrected chi connectivity index (χ1v) is 22.2. The molecule has 0 aromatic heterocycles. The van der Waals surface area contributed by atoms with Crippen molar-refractivity contribution in [3.63, 3.8) is 0 Å². The summed E-state index contributed by atoms with van der Waals surface area (Å²) in [7, 11) is 0. The first-order valence-electron chi connectivity index (χ1n) is 16.1. The van der Waals surface area contributed by atoms with Crippen LogP contribution in [0, 0.1) is 0 Å². The molecule has 2 aliphatic carbocycles. The molecule has 0 radical (unpaired) electrons. The number of rotatable bonds is 4. The van der Waals surface area contributed by atoms with Gasteiger partial charge in [0.1, 0.15) is 0 Å². The summed E-state index contributed by atoms with van der Waals surface area (Å²) >= 11 is 35.9. The van der Waals surface area contributed by atoms with E-state index >= 15 is 0 Å². The molecule has 0 saturated carbocycles. The van der Waals surface area contributed by atoms with E-state index in [0.717, 1.165) is 17.5 Å². The van der Waals surface area contributed by atoms with Gasteiger partial charge in [-0.3, -0.25) is 0 Å². The van der Waals surface area contributed by atoms with Gasteiger partial charge in [-0.25, -0.2) is 0 Å². The fraction of sp³-hybridized carbons (Fsp3) is 0.293. The number of hydrogen-bond donors (Lipinski definition) is 0. The summed E-state index contributed by atoms with van der Waals surface area (Å²) in [6.45, 7) is 13.8. The maximum atomic E-state index is 6.51. The molecule has 4 aromatic carbocycles. The molecule has 2 aliphatic rings. The minimum Gasteiger partial charge on any atom is -1.00 e. The Morgan fingerprint density at radius 1 is 0.600 bits per heavy atom. The van der Waals surface area contributed by atoms with E-state index < -0.39 is 28.9 Å². The fourth-order valence-electron chi connectivity index (χ4n) is 6.94. The number of fused-ring (bicyclic) bond motifs is 3. The molecule has 0 N–H and O–H groups in total. The Balaban J connectivity index is 0.00000281. The Labute approximate surface area is 347 Å². The normalized spacial score (nSPS) is 14.0. The van der Waals surface area contributed by atoms with Gasteiger partial charge in [0.15, 0.2) is 0 Å². The molecule has 0 unspecified atom stereocenters. The first-order chi connectivity index (χ1) is 22.3. The number of allylic oxidation sites excluding steroid dienone is 4. The molecule has 50 heavy (non-hydrogen) atoms. The molecule has 0 atom stereocenters. The van der Waals surface area contributed by atoms with Crippen LogP contribution in [0.5, 0.6) is 0 Å². The summed E-state index contributed by atoms with van der Waals surface area (Å²) in [6.07, 6.45) is 10.0. The third-order valence-electron chi connectivity index (χ3n) is 9.33. The van der Waals surface area contributed by atoms with Crippen molar-refractivity contribution in [3.05, 3.63) is 148 Å². The van der Waals surface area contributed by atoms with Gasteiger partial charge in [-0.2, -0.15) is 0 Å². The molecule has 9 heteroatoms. The first kappa shape index (κ1) is 42.2.